The second-order valence-electron chi connectivity index (χ2n) is 6.44. The highest BCUT2D eigenvalue weighted by molar-refractivity contribution is 7.89. The maximum atomic E-state index is 13.5. The Morgan fingerprint density at radius 3 is 2.46 bits per heavy atom. The Labute approximate surface area is 162 Å². The number of sulfonamides is 1. The Morgan fingerprint density at radius 2 is 1.82 bits per heavy atom. The van der Waals surface area contributed by atoms with E-state index in [1.807, 2.05) is 30.3 Å². The topological polar surface area (TPSA) is 94.2 Å². The van der Waals surface area contributed by atoms with E-state index in [0.29, 0.717) is 19.7 Å². The average molecular weight is 410 g/mol. The van der Waals surface area contributed by atoms with Gasteiger partial charge in [-0.15, -0.1) is 0 Å². The van der Waals surface area contributed by atoms with Gasteiger partial charge in [0.15, 0.2) is 0 Å². The van der Waals surface area contributed by atoms with Crippen LogP contribution in [0.3, 0.4) is 0 Å². The number of quaternary nitrogens is 1. The van der Waals surface area contributed by atoms with E-state index in [0.717, 1.165) is 30.5 Å². The summed E-state index contributed by atoms with van der Waals surface area (Å²) in [6.45, 7) is 3.03. The first-order valence-electron chi connectivity index (χ1n) is 8.83. The smallest absolute Gasteiger partial charge is 0.306 e. The van der Waals surface area contributed by atoms with Crippen LogP contribution >= 0.6 is 0 Å². The summed E-state index contributed by atoms with van der Waals surface area (Å²) in [6, 6.07) is 12.1. The predicted molar refractivity (Wildman–Crippen MR) is 99.3 cm³/mol. The molecule has 0 saturated carbocycles. The van der Waals surface area contributed by atoms with E-state index in [2.05, 4.69) is 0 Å². The number of para-hydroxylation sites is 1. The van der Waals surface area contributed by atoms with Gasteiger partial charge in [-0.25, -0.2) is 8.42 Å². The lowest BCUT2D eigenvalue weighted by Gasteiger charge is -2.31. The lowest BCUT2D eigenvalue weighted by atomic mass is 10.3. The monoisotopic (exact) mass is 410 g/mol. The lowest BCUT2D eigenvalue weighted by molar-refractivity contribution is -0.903. The second-order valence-corrected chi connectivity index (χ2v) is 8.37. The van der Waals surface area contributed by atoms with Gasteiger partial charge in [0.2, 0.25) is 15.8 Å². The van der Waals surface area contributed by atoms with Crippen LogP contribution in [0.1, 0.15) is 0 Å². The Kier molecular flexibility index (Phi) is 6.22. The number of nitrogens with one attached hydrogen (secondary N) is 1. The summed E-state index contributed by atoms with van der Waals surface area (Å²) in [5, 5.41) is 10.9. The molecule has 1 fully saturated rings. The Balaban J connectivity index is 1.56. The first kappa shape index (κ1) is 20.2. The number of hydrogen-bond acceptors (Lipinski definition) is 5. The highest BCUT2D eigenvalue weighted by Gasteiger charge is 2.32. The highest BCUT2D eigenvalue weighted by atomic mass is 32.2. The summed E-state index contributed by atoms with van der Waals surface area (Å²) in [6.07, 6.45) is 0. The number of ether oxygens (including phenoxy) is 1. The number of nitrogens with zero attached hydrogens (tertiary/aromatic N) is 2. The van der Waals surface area contributed by atoms with Crippen molar-refractivity contribution in [1.82, 2.24) is 4.31 Å². The summed E-state index contributed by atoms with van der Waals surface area (Å²) < 4.78 is 45.9. The third kappa shape index (κ3) is 4.64. The van der Waals surface area contributed by atoms with E-state index in [1.165, 1.54) is 9.21 Å². The predicted octanol–water partition coefficient (Wildman–Crippen LogP) is 0.702. The zero-order chi connectivity index (χ0) is 20.1. The van der Waals surface area contributed by atoms with Crippen LogP contribution < -0.4 is 9.64 Å². The molecule has 1 N–H and O–H groups in total. The third-order valence-electron chi connectivity index (χ3n) is 4.65. The molecular weight excluding hydrogens is 389 g/mol. The molecule has 10 heteroatoms. The van der Waals surface area contributed by atoms with E-state index in [4.69, 9.17) is 4.74 Å². The Hall–Kier alpha value is -2.56. The van der Waals surface area contributed by atoms with Crippen molar-refractivity contribution in [3.8, 4) is 5.75 Å². The third-order valence-corrected chi connectivity index (χ3v) is 6.54. The number of benzene rings is 2. The van der Waals surface area contributed by atoms with Crippen LogP contribution in [0.5, 0.6) is 5.75 Å². The molecule has 0 unspecified atom stereocenters. The summed E-state index contributed by atoms with van der Waals surface area (Å²) in [4.78, 5) is 10.9. The van der Waals surface area contributed by atoms with Gasteiger partial charge in [-0.1, -0.05) is 18.2 Å². The van der Waals surface area contributed by atoms with Crippen LogP contribution in [0.2, 0.25) is 0 Å². The molecule has 0 spiro atoms. The highest BCUT2D eigenvalue weighted by Crippen LogP contribution is 2.24. The molecule has 3 rings (SSSR count). The molecule has 1 aliphatic heterocycles. The van der Waals surface area contributed by atoms with Crippen LogP contribution in [0.15, 0.2) is 53.4 Å². The number of rotatable bonds is 7. The molecule has 2 aromatic rings. The van der Waals surface area contributed by atoms with E-state index in [1.54, 1.807) is 0 Å². The lowest BCUT2D eigenvalue weighted by Crippen LogP contribution is -3.15. The largest absolute Gasteiger partial charge is 0.488 e. The minimum absolute atomic E-state index is 0.267. The van der Waals surface area contributed by atoms with Gasteiger partial charge >= 0.3 is 5.69 Å². The first-order chi connectivity index (χ1) is 13.4. The van der Waals surface area contributed by atoms with Gasteiger partial charge in [-0.05, 0) is 24.3 Å². The minimum atomic E-state index is -3.90. The molecular formula is C18H21FN3O5S+. The molecule has 0 aliphatic carbocycles. The van der Waals surface area contributed by atoms with Gasteiger partial charge < -0.3 is 9.64 Å². The van der Waals surface area contributed by atoms with E-state index < -0.39 is 26.5 Å². The number of hydrogen-bond donors (Lipinski definition) is 1. The molecule has 8 nitrogen and oxygen atoms in total. The Bertz CT molecular complexity index is 931. The van der Waals surface area contributed by atoms with Gasteiger partial charge in [0.05, 0.1) is 36.0 Å². The Morgan fingerprint density at radius 1 is 1.14 bits per heavy atom. The fourth-order valence-electron chi connectivity index (χ4n) is 3.06. The molecule has 2 aromatic carbocycles. The summed E-state index contributed by atoms with van der Waals surface area (Å²) >= 11 is 0. The molecule has 1 heterocycles. The zero-order valence-electron chi connectivity index (χ0n) is 15.1. The van der Waals surface area contributed by atoms with Crippen molar-refractivity contribution in [3.63, 3.8) is 0 Å². The van der Waals surface area contributed by atoms with Crippen molar-refractivity contribution in [2.45, 2.75) is 4.90 Å². The minimum Gasteiger partial charge on any atom is -0.488 e. The van der Waals surface area contributed by atoms with Gasteiger partial charge in [-0.2, -0.15) is 8.70 Å². The average Bonchev–Trinajstić information content (AvgIpc) is 2.69. The number of nitro groups is 1. The van der Waals surface area contributed by atoms with Crippen LogP contribution in [-0.2, 0) is 10.0 Å². The van der Waals surface area contributed by atoms with E-state index in [9.17, 15) is 22.9 Å². The summed E-state index contributed by atoms with van der Waals surface area (Å²) in [5.74, 6) is -0.266. The molecule has 1 aliphatic rings. The number of halogens is 1. The molecule has 1 saturated heterocycles. The van der Waals surface area contributed by atoms with Crippen LogP contribution in [0, 0.1) is 15.9 Å². The number of nitro benzene ring substituents is 1. The van der Waals surface area contributed by atoms with Crippen molar-refractivity contribution in [2.75, 3.05) is 39.3 Å². The second kappa shape index (κ2) is 8.63. The van der Waals surface area contributed by atoms with Crippen molar-refractivity contribution in [2.24, 2.45) is 0 Å². The quantitative estimate of drug-likeness (QED) is 0.536. The van der Waals surface area contributed by atoms with Crippen molar-refractivity contribution < 1.29 is 27.4 Å². The van der Waals surface area contributed by atoms with Crippen molar-refractivity contribution >= 4 is 15.7 Å². The van der Waals surface area contributed by atoms with E-state index >= 15 is 0 Å². The zero-order valence-corrected chi connectivity index (χ0v) is 15.9. The SMILES string of the molecule is O=[N+]([O-])c1cc(S(=O)(=O)N2CC[NH+](CCOc3ccccc3)CC2)ccc1F. The molecule has 0 amide bonds. The molecule has 150 valence electrons. The van der Waals surface area contributed by atoms with Crippen molar-refractivity contribution in [3.05, 3.63) is 64.5 Å². The fraction of sp³-hybridized carbons (Fsp3) is 0.333. The van der Waals surface area contributed by atoms with Crippen LogP contribution in [0.4, 0.5) is 10.1 Å². The van der Waals surface area contributed by atoms with Crippen LogP contribution in [0.25, 0.3) is 0 Å². The van der Waals surface area contributed by atoms with Crippen LogP contribution in [-0.4, -0.2) is 57.0 Å². The fourth-order valence-corrected chi connectivity index (χ4v) is 4.53. The normalized spacial score (nSPS) is 16.0. The molecule has 28 heavy (non-hydrogen) atoms. The van der Waals surface area contributed by atoms with Gasteiger partial charge in [0.25, 0.3) is 0 Å². The van der Waals surface area contributed by atoms with Crippen molar-refractivity contribution in [1.29, 1.82) is 0 Å². The molecule has 0 radical (unpaired) electrons. The first-order valence-corrected chi connectivity index (χ1v) is 10.3. The summed E-state index contributed by atoms with van der Waals surface area (Å²) in [7, 11) is -3.90. The number of piperazine rings is 1. The van der Waals surface area contributed by atoms with Gasteiger partial charge in [-0.3, -0.25) is 10.1 Å². The van der Waals surface area contributed by atoms with Gasteiger partial charge in [0, 0.05) is 6.07 Å². The molecule has 0 atom stereocenters. The maximum Gasteiger partial charge on any atom is 0.306 e. The maximum absolute atomic E-state index is 13.5. The molecule has 0 bridgehead atoms. The summed E-state index contributed by atoms with van der Waals surface area (Å²) in [5.41, 5.74) is -0.844. The standard InChI is InChI=1S/C18H20FN3O5S/c19-17-7-6-16(14-18(17)22(23)24)28(25,26)21-10-8-20(9-11-21)12-13-27-15-4-2-1-3-5-15/h1-7,14H,8-13H2/p+1. The van der Waals surface area contributed by atoms with E-state index in [-0.39, 0.29) is 18.0 Å². The molecule has 0 aromatic heterocycles. The van der Waals surface area contributed by atoms with Gasteiger partial charge in [0.1, 0.15) is 18.9 Å².